The van der Waals surface area contributed by atoms with Gasteiger partial charge in [0.2, 0.25) is 0 Å². The highest BCUT2D eigenvalue weighted by molar-refractivity contribution is 5.82. The predicted molar refractivity (Wildman–Crippen MR) is 85.4 cm³/mol. The van der Waals surface area contributed by atoms with Gasteiger partial charge in [0, 0.05) is 18.7 Å². The number of amides is 1. The maximum atomic E-state index is 12.3. The Hall–Kier alpha value is -1.10. The van der Waals surface area contributed by atoms with Crippen LogP contribution in [0.5, 0.6) is 0 Å². The van der Waals surface area contributed by atoms with Crippen LogP contribution in [-0.2, 0) is 19.1 Å². The van der Waals surface area contributed by atoms with Crippen LogP contribution in [0.3, 0.4) is 0 Å². The Morgan fingerprint density at radius 1 is 1.14 bits per heavy atom. The third-order valence-electron chi connectivity index (χ3n) is 4.21. The average molecular weight is 313 g/mol. The Balaban J connectivity index is 2.34. The number of likely N-dealkylation sites (tertiary alicyclic amines) is 1. The number of esters is 1. The SMILES string of the molecule is CC(C)CCOC(C)C(=O)OCC(=O)N1C(C)CCCC1C. The second-order valence-electron chi connectivity index (χ2n) is 6.73. The molecule has 1 amide bonds. The molecule has 0 radical (unpaired) electrons. The molecule has 5 nitrogen and oxygen atoms in total. The van der Waals surface area contributed by atoms with Crippen molar-refractivity contribution in [2.45, 2.75) is 78.5 Å². The zero-order chi connectivity index (χ0) is 16.7. The van der Waals surface area contributed by atoms with Gasteiger partial charge in [0.05, 0.1) is 0 Å². The Labute approximate surface area is 134 Å². The lowest BCUT2D eigenvalue weighted by Gasteiger charge is -2.38. The van der Waals surface area contributed by atoms with Crippen LogP contribution < -0.4 is 0 Å². The molecule has 0 aliphatic carbocycles. The molecule has 3 unspecified atom stereocenters. The Morgan fingerprint density at radius 3 is 2.27 bits per heavy atom. The Morgan fingerprint density at radius 2 is 1.73 bits per heavy atom. The third kappa shape index (κ3) is 5.95. The molecule has 1 saturated heterocycles. The van der Waals surface area contributed by atoms with Gasteiger partial charge in [0.1, 0.15) is 0 Å². The van der Waals surface area contributed by atoms with E-state index in [0.29, 0.717) is 12.5 Å². The molecule has 0 N–H and O–H groups in total. The highest BCUT2D eigenvalue weighted by Crippen LogP contribution is 2.22. The van der Waals surface area contributed by atoms with E-state index in [1.54, 1.807) is 6.92 Å². The van der Waals surface area contributed by atoms with Crippen LogP contribution in [0.2, 0.25) is 0 Å². The average Bonchev–Trinajstić information content (AvgIpc) is 2.44. The molecule has 22 heavy (non-hydrogen) atoms. The quantitative estimate of drug-likeness (QED) is 0.678. The minimum Gasteiger partial charge on any atom is -0.454 e. The highest BCUT2D eigenvalue weighted by Gasteiger charge is 2.29. The summed E-state index contributed by atoms with van der Waals surface area (Å²) in [6.45, 7) is 10.3. The van der Waals surface area contributed by atoms with Gasteiger partial charge >= 0.3 is 5.97 Å². The minimum absolute atomic E-state index is 0.109. The van der Waals surface area contributed by atoms with Crippen LogP contribution in [0, 0.1) is 5.92 Å². The molecule has 128 valence electrons. The van der Waals surface area contributed by atoms with Crippen molar-refractivity contribution >= 4 is 11.9 Å². The van der Waals surface area contributed by atoms with Gasteiger partial charge in [0.15, 0.2) is 12.7 Å². The summed E-state index contributed by atoms with van der Waals surface area (Å²) in [5.41, 5.74) is 0. The molecule has 5 heteroatoms. The number of nitrogens with zero attached hydrogens (tertiary/aromatic N) is 1. The van der Waals surface area contributed by atoms with E-state index in [-0.39, 0.29) is 24.6 Å². The topological polar surface area (TPSA) is 55.8 Å². The molecule has 0 saturated carbocycles. The van der Waals surface area contributed by atoms with Crippen LogP contribution >= 0.6 is 0 Å². The summed E-state index contributed by atoms with van der Waals surface area (Å²) in [5.74, 6) is -0.0382. The van der Waals surface area contributed by atoms with Crippen LogP contribution in [0.4, 0.5) is 0 Å². The van der Waals surface area contributed by atoms with Crippen molar-refractivity contribution in [1.82, 2.24) is 4.90 Å². The fourth-order valence-electron chi connectivity index (χ4n) is 2.79. The normalized spacial score (nSPS) is 23.5. The van der Waals surface area contributed by atoms with E-state index in [1.165, 1.54) is 0 Å². The minimum atomic E-state index is -0.622. The molecular weight excluding hydrogens is 282 g/mol. The molecular formula is C17H31NO4. The zero-order valence-electron chi connectivity index (χ0n) is 14.6. The molecule has 1 fully saturated rings. The van der Waals surface area contributed by atoms with Gasteiger partial charge in [-0.2, -0.15) is 0 Å². The molecule has 1 heterocycles. The van der Waals surface area contributed by atoms with Crippen molar-refractivity contribution in [3.63, 3.8) is 0 Å². The number of hydrogen-bond donors (Lipinski definition) is 0. The molecule has 1 aliphatic heterocycles. The van der Waals surface area contributed by atoms with E-state index >= 15 is 0 Å². The number of ether oxygens (including phenoxy) is 2. The zero-order valence-corrected chi connectivity index (χ0v) is 14.6. The second-order valence-corrected chi connectivity index (χ2v) is 6.73. The van der Waals surface area contributed by atoms with E-state index in [0.717, 1.165) is 25.7 Å². The van der Waals surface area contributed by atoms with Gasteiger partial charge in [-0.1, -0.05) is 13.8 Å². The number of carbonyl (C=O) groups excluding carboxylic acids is 2. The summed E-state index contributed by atoms with van der Waals surface area (Å²) in [4.78, 5) is 26.0. The summed E-state index contributed by atoms with van der Waals surface area (Å²) in [6.07, 6.45) is 3.45. The maximum Gasteiger partial charge on any atom is 0.335 e. The standard InChI is InChI=1S/C17H31NO4/c1-12(2)9-10-21-15(5)17(20)22-11-16(19)18-13(3)7-6-8-14(18)4/h12-15H,6-11H2,1-5H3. The molecule has 3 atom stereocenters. The van der Waals surface area contributed by atoms with Crippen molar-refractivity contribution in [3.05, 3.63) is 0 Å². The van der Waals surface area contributed by atoms with Crippen molar-refractivity contribution in [1.29, 1.82) is 0 Å². The molecule has 0 aromatic carbocycles. The van der Waals surface area contributed by atoms with E-state index in [2.05, 4.69) is 13.8 Å². The smallest absolute Gasteiger partial charge is 0.335 e. The molecule has 0 aromatic rings. The second kappa shape index (κ2) is 9.13. The lowest BCUT2D eigenvalue weighted by molar-refractivity contribution is -0.163. The first-order valence-electron chi connectivity index (χ1n) is 8.42. The summed E-state index contributed by atoms with van der Waals surface area (Å²) in [5, 5.41) is 0. The van der Waals surface area contributed by atoms with Gasteiger partial charge in [-0.15, -0.1) is 0 Å². The first-order chi connectivity index (χ1) is 10.3. The molecule has 1 rings (SSSR count). The van der Waals surface area contributed by atoms with E-state index < -0.39 is 12.1 Å². The van der Waals surface area contributed by atoms with Crippen molar-refractivity contribution < 1.29 is 19.1 Å². The third-order valence-corrected chi connectivity index (χ3v) is 4.21. The van der Waals surface area contributed by atoms with Gasteiger partial charge in [-0.25, -0.2) is 4.79 Å². The monoisotopic (exact) mass is 313 g/mol. The Kier molecular flexibility index (Phi) is 7.87. The van der Waals surface area contributed by atoms with Gasteiger partial charge in [0.25, 0.3) is 5.91 Å². The van der Waals surface area contributed by atoms with Crippen LogP contribution in [-0.4, -0.2) is 48.2 Å². The van der Waals surface area contributed by atoms with Crippen molar-refractivity contribution in [3.8, 4) is 0 Å². The van der Waals surface area contributed by atoms with E-state index in [1.807, 2.05) is 18.7 Å². The molecule has 0 aromatic heterocycles. The van der Waals surface area contributed by atoms with Crippen LogP contribution in [0.15, 0.2) is 0 Å². The van der Waals surface area contributed by atoms with E-state index in [9.17, 15) is 9.59 Å². The lowest BCUT2D eigenvalue weighted by Crippen LogP contribution is -2.49. The van der Waals surface area contributed by atoms with Crippen molar-refractivity contribution in [2.75, 3.05) is 13.2 Å². The molecule has 0 spiro atoms. The lowest BCUT2D eigenvalue weighted by atomic mass is 9.97. The van der Waals surface area contributed by atoms with Gasteiger partial charge < -0.3 is 14.4 Å². The fourth-order valence-corrected chi connectivity index (χ4v) is 2.79. The number of carbonyl (C=O) groups is 2. The fraction of sp³-hybridized carbons (Fsp3) is 0.882. The number of rotatable bonds is 7. The Bertz CT molecular complexity index is 360. The first kappa shape index (κ1) is 18.9. The van der Waals surface area contributed by atoms with Crippen molar-refractivity contribution in [2.24, 2.45) is 5.92 Å². The van der Waals surface area contributed by atoms with Crippen LogP contribution in [0.1, 0.15) is 60.3 Å². The first-order valence-corrected chi connectivity index (χ1v) is 8.42. The van der Waals surface area contributed by atoms with E-state index in [4.69, 9.17) is 9.47 Å². The number of piperidine rings is 1. The molecule has 1 aliphatic rings. The number of hydrogen-bond acceptors (Lipinski definition) is 4. The van der Waals surface area contributed by atoms with Crippen LogP contribution in [0.25, 0.3) is 0 Å². The summed E-state index contributed by atoms with van der Waals surface area (Å²) >= 11 is 0. The molecule has 0 bridgehead atoms. The predicted octanol–water partition coefficient (Wildman–Crippen LogP) is 2.77. The summed E-state index contributed by atoms with van der Waals surface area (Å²) < 4.78 is 10.6. The largest absolute Gasteiger partial charge is 0.454 e. The maximum absolute atomic E-state index is 12.3. The highest BCUT2D eigenvalue weighted by atomic mass is 16.6. The van der Waals surface area contributed by atoms with Gasteiger partial charge in [-0.3, -0.25) is 4.79 Å². The summed E-state index contributed by atoms with van der Waals surface area (Å²) in [6, 6.07) is 0.435. The summed E-state index contributed by atoms with van der Waals surface area (Å²) in [7, 11) is 0. The van der Waals surface area contributed by atoms with Gasteiger partial charge in [-0.05, 0) is 52.4 Å².